The second kappa shape index (κ2) is 12.9. The highest BCUT2D eigenvalue weighted by Gasteiger charge is 2.15. The van der Waals surface area contributed by atoms with Gasteiger partial charge in [0.1, 0.15) is 19.8 Å². The standard InChI is InChI=1S/C22H27N3O5/c23-19(12-7-13-24-22(28)30-16-18-10-5-2-6-11-18)21(27)25-14-20(26)29-15-17-8-3-1-4-9-17/h1-6,8-11,19H,7,12-16,23H2,(H,24,28)(H,25,27)/t19-/m0/s1. The van der Waals surface area contributed by atoms with Crippen molar-refractivity contribution >= 4 is 18.0 Å². The quantitative estimate of drug-likeness (QED) is 0.382. The molecule has 0 fully saturated rings. The maximum Gasteiger partial charge on any atom is 0.407 e. The van der Waals surface area contributed by atoms with Crippen LogP contribution in [0.5, 0.6) is 0 Å². The van der Waals surface area contributed by atoms with E-state index in [1.807, 2.05) is 60.7 Å². The molecule has 0 aliphatic carbocycles. The van der Waals surface area contributed by atoms with Gasteiger partial charge in [0.2, 0.25) is 5.91 Å². The number of hydrogen-bond donors (Lipinski definition) is 3. The number of rotatable bonds is 11. The molecule has 0 saturated heterocycles. The lowest BCUT2D eigenvalue weighted by Crippen LogP contribution is -2.43. The monoisotopic (exact) mass is 413 g/mol. The first-order valence-corrected chi connectivity index (χ1v) is 9.72. The van der Waals surface area contributed by atoms with E-state index in [1.54, 1.807) is 0 Å². The van der Waals surface area contributed by atoms with Gasteiger partial charge in [-0.2, -0.15) is 0 Å². The number of nitrogens with two attached hydrogens (primary N) is 1. The summed E-state index contributed by atoms with van der Waals surface area (Å²) in [4.78, 5) is 35.3. The maximum atomic E-state index is 12.0. The van der Waals surface area contributed by atoms with Crippen LogP contribution in [-0.4, -0.2) is 37.1 Å². The highest BCUT2D eigenvalue weighted by molar-refractivity contribution is 5.85. The van der Waals surface area contributed by atoms with E-state index in [0.717, 1.165) is 11.1 Å². The predicted molar refractivity (Wildman–Crippen MR) is 111 cm³/mol. The van der Waals surface area contributed by atoms with Gasteiger partial charge in [-0.3, -0.25) is 9.59 Å². The fraction of sp³-hybridized carbons (Fsp3) is 0.318. The summed E-state index contributed by atoms with van der Waals surface area (Å²) in [7, 11) is 0. The summed E-state index contributed by atoms with van der Waals surface area (Å²) in [6.07, 6.45) is 0.315. The van der Waals surface area contributed by atoms with E-state index in [4.69, 9.17) is 15.2 Å². The van der Waals surface area contributed by atoms with Crippen molar-refractivity contribution in [3.8, 4) is 0 Å². The molecule has 1 atom stereocenters. The van der Waals surface area contributed by atoms with Crippen molar-refractivity contribution < 1.29 is 23.9 Å². The van der Waals surface area contributed by atoms with Crippen LogP contribution in [0.15, 0.2) is 60.7 Å². The molecular weight excluding hydrogens is 386 g/mol. The van der Waals surface area contributed by atoms with E-state index < -0.39 is 24.0 Å². The lowest BCUT2D eigenvalue weighted by Gasteiger charge is -2.12. The normalized spacial score (nSPS) is 11.2. The van der Waals surface area contributed by atoms with Gasteiger partial charge >= 0.3 is 12.1 Å². The molecule has 8 heteroatoms. The van der Waals surface area contributed by atoms with Crippen molar-refractivity contribution in [3.05, 3.63) is 71.8 Å². The Hall–Kier alpha value is -3.39. The molecule has 0 aromatic heterocycles. The van der Waals surface area contributed by atoms with Crippen molar-refractivity contribution in [2.24, 2.45) is 5.73 Å². The van der Waals surface area contributed by atoms with Gasteiger partial charge in [0.15, 0.2) is 0 Å². The van der Waals surface area contributed by atoms with Crippen LogP contribution in [0.4, 0.5) is 4.79 Å². The Morgan fingerprint density at radius 1 is 0.833 bits per heavy atom. The Morgan fingerprint density at radius 3 is 2.00 bits per heavy atom. The van der Waals surface area contributed by atoms with Crippen molar-refractivity contribution in [3.63, 3.8) is 0 Å². The molecule has 0 saturated carbocycles. The minimum atomic E-state index is -0.783. The minimum Gasteiger partial charge on any atom is -0.460 e. The second-order valence-corrected chi connectivity index (χ2v) is 6.60. The van der Waals surface area contributed by atoms with Gasteiger partial charge in [-0.05, 0) is 24.0 Å². The van der Waals surface area contributed by atoms with E-state index in [2.05, 4.69) is 10.6 Å². The number of ether oxygens (including phenoxy) is 2. The number of hydrogen-bond acceptors (Lipinski definition) is 6. The van der Waals surface area contributed by atoms with Gasteiger partial charge in [0.05, 0.1) is 6.04 Å². The Labute approximate surface area is 175 Å². The zero-order chi connectivity index (χ0) is 21.6. The minimum absolute atomic E-state index is 0.146. The first-order chi connectivity index (χ1) is 14.5. The van der Waals surface area contributed by atoms with Crippen LogP contribution in [0.3, 0.4) is 0 Å². The number of nitrogens with one attached hydrogen (secondary N) is 2. The molecular formula is C22H27N3O5. The Balaban J connectivity index is 1.52. The van der Waals surface area contributed by atoms with Crippen LogP contribution in [0.1, 0.15) is 24.0 Å². The maximum absolute atomic E-state index is 12.0. The lowest BCUT2D eigenvalue weighted by atomic mass is 10.1. The summed E-state index contributed by atoms with van der Waals surface area (Å²) in [5, 5.41) is 5.06. The van der Waals surface area contributed by atoms with E-state index in [0.29, 0.717) is 19.4 Å². The van der Waals surface area contributed by atoms with Crippen LogP contribution in [-0.2, 0) is 32.3 Å². The number of amides is 2. The number of alkyl carbamates (subject to hydrolysis) is 1. The molecule has 2 aromatic rings. The number of carbonyl (C=O) groups excluding carboxylic acids is 3. The topological polar surface area (TPSA) is 120 Å². The van der Waals surface area contributed by atoms with Crippen molar-refractivity contribution in [1.29, 1.82) is 0 Å². The van der Waals surface area contributed by atoms with Crippen molar-refractivity contribution in [1.82, 2.24) is 10.6 Å². The summed E-state index contributed by atoms with van der Waals surface area (Å²) in [5.41, 5.74) is 7.57. The van der Waals surface area contributed by atoms with Gasteiger partial charge in [-0.1, -0.05) is 60.7 Å². The third-order valence-electron chi connectivity index (χ3n) is 4.16. The molecule has 8 nitrogen and oxygen atoms in total. The number of benzene rings is 2. The van der Waals surface area contributed by atoms with E-state index in [-0.39, 0.29) is 19.8 Å². The molecule has 0 spiro atoms. The first-order valence-electron chi connectivity index (χ1n) is 9.72. The zero-order valence-electron chi connectivity index (χ0n) is 16.7. The van der Waals surface area contributed by atoms with Gasteiger partial charge < -0.3 is 25.8 Å². The molecule has 0 heterocycles. The van der Waals surface area contributed by atoms with Gasteiger partial charge in [-0.15, -0.1) is 0 Å². The SMILES string of the molecule is N[C@@H](CCCNC(=O)OCc1ccccc1)C(=O)NCC(=O)OCc1ccccc1. The fourth-order valence-corrected chi connectivity index (χ4v) is 2.50. The highest BCUT2D eigenvalue weighted by Crippen LogP contribution is 2.02. The molecule has 160 valence electrons. The first kappa shape index (κ1) is 22.9. The van der Waals surface area contributed by atoms with Crippen LogP contribution >= 0.6 is 0 Å². The van der Waals surface area contributed by atoms with E-state index >= 15 is 0 Å². The molecule has 2 rings (SSSR count). The predicted octanol–water partition coefficient (Wildman–Crippen LogP) is 1.88. The molecule has 0 aliphatic heterocycles. The van der Waals surface area contributed by atoms with Gasteiger partial charge in [-0.25, -0.2) is 4.79 Å². The summed E-state index contributed by atoms with van der Waals surface area (Å²) in [6, 6.07) is 17.8. The Morgan fingerprint density at radius 2 is 1.40 bits per heavy atom. The summed E-state index contributed by atoms with van der Waals surface area (Å²) in [5.74, 6) is -0.986. The Bertz CT molecular complexity index is 799. The van der Waals surface area contributed by atoms with Crippen LogP contribution in [0, 0.1) is 0 Å². The Kier molecular flexibility index (Phi) is 9.88. The number of carbonyl (C=O) groups is 3. The zero-order valence-corrected chi connectivity index (χ0v) is 16.7. The number of esters is 1. The summed E-state index contributed by atoms with van der Waals surface area (Å²) in [6.45, 7) is 0.416. The molecule has 30 heavy (non-hydrogen) atoms. The molecule has 2 aromatic carbocycles. The third kappa shape index (κ3) is 9.20. The van der Waals surface area contributed by atoms with Crippen LogP contribution in [0.2, 0.25) is 0 Å². The molecule has 0 radical (unpaired) electrons. The highest BCUT2D eigenvalue weighted by atomic mass is 16.5. The molecule has 2 amide bonds. The van der Waals surface area contributed by atoms with Gasteiger partial charge in [0, 0.05) is 6.54 Å². The molecule has 0 bridgehead atoms. The van der Waals surface area contributed by atoms with Crippen LogP contribution < -0.4 is 16.4 Å². The fourth-order valence-electron chi connectivity index (χ4n) is 2.50. The molecule has 0 unspecified atom stereocenters. The average Bonchev–Trinajstić information content (AvgIpc) is 2.78. The smallest absolute Gasteiger partial charge is 0.407 e. The summed E-state index contributed by atoms with van der Waals surface area (Å²) < 4.78 is 10.2. The second-order valence-electron chi connectivity index (χ2n) is 6.60. The van der Waals surface area contributed by atoms with E-state index in [1.165, 1.54) is 0 Å². The average molecular weight is 413 g/mol. The van der Waals surface area contributed by atoms with Gasteiger partial charge in [0.25, 0.3) is 0 Å². The summed E-state index contributed by atoms with van der Waals surface area (Å²) >= 11 is 0. The lowest BCUT2D eigenvalue weighted by molar-refractivity contribution is -0.145. The van der Waals surface area contributed by atoms with Crippen LogP contribution in [0.25, 0.3) is 0 Å². The molecule has 0 aliphatic rings. The van der Waals surface area contributed by atoms with Crippen molar-refractivity contribution in [2.75, 3.05) is 13.1 Å². The van der Waals surface area contributed by atoms with Crippen molar-refractivity contribution in [2.45, 2.75) is 32.1 Å². The molecule has 4 N–H and O–H groups in total. The largest absolute Gasteiger partial charge is 0.460 e. The third-order valence-corrected chi connectivity index (χ3v) is 4.16. The van der Waals surface area contributed by atoms with E-state index in [9.17, 15) is 14.4 Å².